The van der Waals surface area contributed by atoms with Crippen molar-refractivity contribution in [2.45, 2.75) is 11.4 Å². The van der Waals surface area contributed by atoms with Crippen molar-refractivity contribution >= 4 is 15.9 Å². The Morgan fingerprint density at radius 2 is 1.57 bits per heavy atom. The molecule has 0 bridgehead atoms. The van der Waals surface area contributed by atoms with Gasteiger partial charge in [0.2, 0.25) is 27.7 Å². The van der Waals surface area contributed by atoms with Crippen molar-refractivity contribution in [3.63, 3.8) is 0 Å². The second-order valence-corrected chi connectivity index (χ2v) is 8.24. The highest BCUT2D eigenvalue weighted by atomic mass is 32.2. The van der Waals surface area contributed by atoms with Gasteiger partial charge in [-0.05, 0) is 24.3 Å². The highest BCUT2D eigenvalue weighted by Gasteiger charge is 2.24. The van der Waals surface area contributed by atoms with Gasteiger partial charge in [-0.1, -0.05) is 36.4 Å². The Bertz CT molecular complexity index is 1040. The van der Waals surface area contributed by atoms with E-state index in [2.05, 4.69) is 10.2 Å². The molecule has 1 aromatic heterocycles. The minimum atomic E-state index is -3.74. The van der Waals surface area contributed by atoms with Crippen LogP contribution < -0.4 is 0 Å². The first kappa shape index (κ1) is 19.7. The molecule has 0 aliphatic heterocycles. The van der Waals surface area contributed by atoms with Gasteiger partial charge in [-0.2, -0.15) is 4.31 Å². The molecule has 0 saturated carbocycles. The molecule has 0 aliphatic rings. The van der Waals surface area contributed by atoms with Crippen molar-refractivity contribution < 1.29 is 17.6 Å². The molecule has 0 atom stereocenters. The van der Waals surface area contributed by atoms with E-state index in [9.17, 15) is 13.2 Å². The average Bonchev–Trinajstić information content (AvgIpc) is 3.17. The molecule has 3 aromatic rings. The molecule has 0 radical (unpaired) electrons. The second kappa shape index (κ2) is 8.32. The van der Waals surface area contributed by atoms with Gasteiger partial charge in [-0.15, -0.1) is 10.2 Å². The number of aromatic nitrogens is 2. The number of carbonyl (C=O) groups excluding carboxylic acids is 1. The molecule has 146 valence electrons. The summed E-state index contributed by atoms with van der Waals surface area (Å²) < 4.78 is 31.6. The minimum Gasteiger partial charge on any atom is -0.419 e. The highest BCUT2D eigenvalue weighted by Crippen LogP contribution is 2.18. The van der Waals surface area contributed by atoms with Gasteiger partial charge in [0, 0.05) is 19.7 Å². The fourth-order valence-corrected chi connectivity index (χ4v) is 3.62. The van der Waals surface area contributed by atoms with Crippen molar-refractivity contribution in [1.82, 2.24) is 19.4 Å². The number of likely N-dealkylation sites (N-methyl/N-ethyl adjacent to an activating group) is 2. The summed E-state index contributed by atoms with van der Waals surface area (Å²) in [6.45, 7) is -0.217. The van der Waals surface area contributed by atoms with Crippen LogP contribution in [-0.4, -0.2) is 54.4 Å². The summed E-state index contributed by atoms with van der Waals surface area (Å²) in [5.74, 6) is 0.241. The maximum Gasteiger partial charge on any atom is 0.247 e. The summed E-state index contributed by atoms with van der Waals surface area (Å²) in [5.41, 5.74) is 0.781. The molecule has 1 amide bonds. The van der Waals surface area contributed by atoms with E-state index in [1.54, 1.807) is 25.2 Å². The Kier molecular flexibility index (Phi) is 5.86. The predicted molar refractivity (Wildman–Crippen MR) is 102 cm³/mol. The molecule has 0 saturated heterocycles. The van der Waals surface area contributed by atoms with E-state index in [0.29, 0.717) is 5.89 Å². The Morgan fingerprint density at radius 1 is 0.964 bits per heavy atom. The van der Waals surface area contributed by atoms with Gasteiger partial charge < -0.3 is 9.32 Å². The Morgan fingerprint density at radius 3 is 2.21 bits per heavy atom. The summed E-state index contributed by atoms with van der Waals surface area (Å²) in [6, 6.07) is 17.3. The average molecular weight is 400 g/mol. The van der Waals surface area contributed by atoms with Crippen LogP contribution in [0.15, 0.2) is 70.0 Å². The molecule has 1 heterocycles. The lowest BCUT2D eigenvalue weighted by Crippen LogP contribution is -2.39. The van der Waals surface area contributed by atoms with Crippen molar-refractivity contribution in [2.24, 2.45) is 0 Å². The summed E-state index contributed by atoms with van der Waals surface area (Å²) in [5, 5.41) is 7.93. The molecule has 8 nitrogen and oxygen atoms in total. The highest BCUT2D eigenvalue weighted by molar-refractivity contribution is 7.89. The summed E-state index contributed by atoms with van der Waals surface area (Å²) in [4.78, 5) is 13.9. The first-order chi connectivity index (χ1) is 13.4. The van der Waals surface area contributed by atoms with E-state index in [0.717, 1.165) is 9.87 Å². The molecular formula is C19H20N4O4S. The van der Waals surface area contributed by atoms with Crippen LogP contribution in [0.5, 0.6) is 0 Å². The lowest BCUT2D eigenvalue weighted by molar-refractivity contribution is -0.130. The lowest BCUT2D eigenvalue weighted by atomic mass is 10.2. The number of carbonyl (C=O) groups is 1. The van der Waals surface area contributed by atoms with Crippen LogP contribution in [-0.2, 0) is 21.4 Å². The minimum absolute atomic E-state index is 0.0812. The third-order valence-corrected chi connectivity index (χ3v) is 5.91. The number of hydrogen-bond donors (Lipinski definition) is 0. The third-order valence-electron chi connectivity index (χ3n) is 4.10. The number of benzene rings is 2. The maximum absolute atomic E-state index is 12.5. The zero-order valence-electron chi connectivity index (χ0n) is 15.5. The van der Waals surface area contributed by atoms with Gasteiger partial charge in [0.1, 0.15) is 0 Å². The monoisotopic (exact) mass is 400 g/mol. The molecule has 0 unspecified atom stereocenters. The van der Waals surface area contributed by atoms with Crippen LogP contribution >= 0.6 is 0 Å². The van der Waals surface area contributed by atoms with Crippen molar-refractivity contribution in [3.05, 3.63) is 66.6 Å². The van der Waals surface area contributed by atoms with Gasteiger partial charge in [-0.25, -0.2) is 8.42 Å². The Balaban J connectivity index is 1.63. The number of sulfonamides is 1. The fraction of sp³-hybridized carbons (Fsp3) is 0.211. The van der Waals surface area contributed by atoms with Crippen molar-refractivity contribution in [3.8, 4) is 11.5 Å². The topological polar surface area (TPSA) is 96.6 Å². The zero-order valence-corrected chi connectivity index (χ0v) is 16.3. The molecule has 0 spiro atoms. The standard InChI is InChI=1S/C19H20N4O4S/c1-22(13-17-20-21-19(27-17)15-9-5-3-6-10-15)18(24)14-23(2)28(25,26)16-11-7-4-8-12-16/h3-12H,13-14H2,1-2H3. The van der Waals surface area contributed by atoms with Gasteiger partial charge >= 0.3 is 0 Å². The Labute approximate surface area is 163 Å². The fourth-order valence-electron chi connectivity index (χ4n) is 2.47. The van der Waals surface area contributed by atoms with Gasteiger partial charge in [0.05, 0.1) is 18.0 Å². The van der Waals surface area contributed by atoms with Crippen molar-refractivity contribution in [1.29, 1.82) is 0 Å². The lowest BCUT2D eigenvalue weighted by Gasteiger charge is -2.20. The molecule has 3 rings (SSSR count). The molecule has 0 N–H and O–H groups in total. The van der Waals surface area contributed by atoms with E-state index < -0.39 is 10.0 Å². The molecule has 2 aromatic carbocycles. The van der Waals surface area contributed by atoms with Crippen LogP contribution in [0.1, 0.15) is 5.89 Å². The summed E-state index contributed by atoms with van der Waals surface area (Å²) in [7, 11) is -0.815. The van der Waals surface area contributed by atoms with E-state index >= 15 is 0 Å². The zero-order chi connectivity index (χ0) is 20.1. The Hall–Kier alpha value is -3.04. The smallest absolute Gasteiger partial charge is 0.247 e. The van der Waals surface area contributed by atoms with Crippen LogP contribution in [0.3, 0.4) is 0 Å². The maximum atomic E-state index is 12.5. The third kappa shape index (κ3) is 4.44. The van der Waals surface area contributed by atoms with Crippen LogP contribution in [0.2, 0.25) is 0 Å². The van der Waals surface area contributed by atoms with Gasteiger partial charge in [0.15, 0.2) is 0 Å². The molecule has 9 heteroatoms. The SMILES string of the molecule is CN(Cc1nnc(-c2ccccc2)o1)C(=O)CN(C)S(=O)(=O)c1ccccc1. The van der Waals surface area contributed by atoms with Crippen molar-refractivity contribution in [2.75, 3.05) is 20.6 Å². The largest absolute Gasteiger partial charge is 0.419 e. The van der Waals surface area contributed by atoms with E-state index in [1.165, 1.54) is 24.1 Å². The second-order valence-electron chi connectivity index (χ2n) is 6.19. The van der Waals surface area contributed by atoms with Crippen LogP contribution in [0.25, 0.3) is 11.5 Å². The van der Waals surface area contributed by atoms with E-state index in [1.807, 2.05) is 30.3 Å². The quantitative estimate of drug-likeness (QED) is 0.602. The molecule has 28 heavy (non-hydrogen) atoms. The molecule has 0 aliphatic carbocycles. The first-order valence-corrected chi connectivity index (χ1v) is 9.95. The summed E-state index contributed by atoms with van der Waals surface area (Å²) >= 11 is 0. The molecule has 0 fully saturated rings. The van der Waals surface area contributed by atoms with E-state index in [-0.39, 0.29) is 29.8 Å². The number of hydrogen-bond acceptors (Lipinski definition) is 6. The van der Waals surface area contributed by atoms with Crippen LogP contribution in [0, 0.1) is 0 Å². The number of nitrogens with zero attached hydrogens (tertiary/aromatic N) is 4. The molecular weight excluding hydrogens is 380 g/mol. The van der Waals surface area contributed by atoms with Crippen LogP contribution in [0.4, 0.5) is 0 Å². The predicted octanol–water partition coefficient (Wildman–Crippen LogP) is 2.02. The normalized spacial score (nSPS) is 11.5. The summed E-state index contributed by atoms with van der Waals surface area (Å²) in [6.07, 6.45) is 0. The van der Waals surface area contributed by atoms with E-state index in [4.69, 9.17) is 4.42 Å². The van der Waals surface area contributed by atoms with Gasteiger partial charge in [-0.3, -0.25) is 4.79 Å². The number of rotatable bonds is 7. The number of amides is 1. The van der Waals surface area contributed by atoms with Gasteiger partial charge in [0.25, 0.3) is 0 Å². The first-order valence-electron chi connectivity index (χ1n) is 8.51.